The Kier molecular flexibility index (Phi) is 4.70. The summed E-state index contributed by atoms with van der Waals surface area (Å²) in [6.45, 7) is 14.6. The predicted molar refractivity (Wildman–Crippen MR) is 119 cm³/mol. The number of ketones is 1. The first kappa shape index (κ1) is 20.6. The van der Waals surface area contributed by atoms with Gasteiger partial charge in [-0.2, -0.15) is 0 Å². The Bertz CT molecular complexity index is 760. The molecule has 5 aliphatic rings. The van der Waals surface area contributed by atoms with Crippen molar-refractivity contribution in [2.45, 2.75) is 96.1 Å². The van der Waals surface area contributed by atoms with Gasteiger partial charge in [-0.1, -0.05) is 5.57 Å². The topological polar surface area (TPSA) is 44.8 Å². The zero-order chi connectivity index (χ0) is 20.8. The number of Topliss-reactive ketones (excluding diaryl/α,β-unsaturated/α-hetero) is 1. The average Bonchev–Trinajstić information content (AvgIpc) is 2.60. The predicted octanol–water partition coefficient (Wildman–Crippen LogP) is 4.85. The molecule has 2 unspecified atom stereocenters. The van der Waals surface area contributed by atoms with Crippen molar-refractivity contribution in [1.82, 2.24) is 0 Å². The van der Waals surface area contributed by atoms with Gasteiger partial charge in [-0.05, 0) is 95.2 Å². The smallest absolute Gasteiger partial charge is 0.187 e. The zero-order valence-corrected chi connectivity index (χ0v) is 21.0. The maximum absolute atomic E-state index is 14.4. The summed E-state index contributed by atoms with van der Waals surface area (Å²) in [6.07, 6.45) is 5.42. The largest absolute Gasteiger partial charge is 0.414 e. The van der Waals surface area contributed by atoms with Crippen molar-refractivity contribution < 1.29 is 18.4 Å². The van der Waals surface area contributed by atoms with E-state index in [0.29, 0.717) is 29.6 Å². The second-order valence-corrected chi connectivity index (χ2v) is 20.9. The van der Waals surface area contributed by atoms with E-state index in [9.17, 15) is 4.79 Å². The van der Waals surface area contributed by atoms with E-state index in [1.165, 1.54) is 17.6 Å². The van der Waals surface area contributed by atoms with Crippen molar-refractivity contribution in [2.24, 2.45) is 23.2 Å². The lowest BCUT2D eigenvalue weighted by Crippen LogP contribution is -2.66. The average molecular weight is 435 g/mol. The molecule has 0 radical (unpaired) electrons. The van der Waals surface area contributed by atoms with Crippen LogP contribution in [-0.2, 0) is 18.4 Å². The van der Waals surface area contributed by atoms with Crippen molar-refractivity contribution >= 4 is 22.4 Å². The number of ether oxygens (including phenoxy) is 1. The first-order valence-corrected chi connectivity index (χ1v) is 17.9. The van der Waals surface area contributed by atoms with Crippen LogP contribution in [0.1, 0.15) is 46.0 Å². The van der Waals surface area contributed by atoms with Gasteiger partial charge in [-0.25, -0.2) is 0 Å². The van der Waals surface area contributed by atoms with E-state index in [0.717, 1.165) is 38.0 Å². The van der Waals surface area contributed by atoms with E-state index in [1.807, 2.05) is 0 Å². The van der Waals surface area contributed by atoms with Crippen LogP contribution in [0.2, 0.25) is 31.9 Å². The molecule has 2 heterocycles. The first-order chi connectivity index (χ1) is 13.5. The van der Waals surface area contributed by atoms with Crippen LogP contribution < -0.4 is 0 Å². The van der Waals surface area contributed by atoms with Crippen molar-refractivity contribution in [2.75, 3.05) is 6.61 Å². The minimum Gasteiger partial charge on any atom is -0.414 e. The van der Waals surface area contributed by atoms with Gasteiger partial charge < -0.3 is 13.6 Å². The van der Waals surface area contributed by atoms with Crippen LogP contribution in [0.5, 0.6) is 0 Å². The molecule has 6 heteroatoms. The Morgan fingerprint density at radius 3 is 2.48 bits per heavy atom. The summed E-state index contributed by atoms with van der Waals surface area (Å²) in [6, 6.07) is 0. The van der Waals surface area contributed by atoms with Crippen LogP contribution in [-0.4, -0.2) is 47.3 Å². The molecule has 5 rings (SSSR count). The van der Waals surface area contributed by atoms with E-state index in [-0.39, 0.29) is 12.2 Å². The number of hydrogen-bond acceptors (Lipinski definition) is 4. The van der Waals surface area contributed by atoms with E-state index in [4.69, 9.17) is 13.6 Å². The van der Waals surface area contributed by atoms with E-state index in [1.54, 1.807) is 0 Å². The Morgan fingerprint density at radius 1 is 1.07 bits per heavy atom. The third-order valence-electron chi connectivity index (χ3n) is 8.79. The molecular formula is C23H38O4Si2. The summed E-state index contributed by atoms with van der Waals surface area (Å²) in [5, 5.41) is 0. The molecule has 0 N–H and O–H groups in total. The minimum absolute atomic E-state index is 0.0167. The second kappa shape index (κ2) is 6.61. The van der Waals surface area contributed by atoms with Gasteiger partial charge in [0.25, 0.3) is 0 Å². The molecule has 0 aromatic rings. The monoisotopic (exact) mass is 434 g/mol. The van der Waals surface area contributed by atoms with Gasteiger partial charge in [0.1, 0.15) is 6.10 Å². The fourth-order valence-electron chi connectivity index (χ4n) is 7.47. The highest BCUT2D eigenvalue weighted by Crippen LogP contribution is 2.58. The van der Waals surface area contributed by atoms with Crippen LogP contribution in [0.25, 0.3) is 0 Å². The van der Waals surface area contributed by atoms with E-state index >= 15 is 0 Å². The summed E-state index contributed by atoms with van der Waals surface area (Å²) < 4.78 is 19.9. The molecule has 0 aromatic heterocycles. The molecule has 29 heavy (non-hydrogen) atoms. The van der Waals surface area contributed by atoms with Crippen molar-refractivity contribution in [3.8, 4) is 0 Å². The van der Waals surface area contributed by atoms with Crippen LogP contribution in [0.3, 0.4) is 0 Å². The Morgan fingerprint density at radius 2 is 1.79 bits per heavy atom. The van der Waals surface area contributed by atoms with Crippen LogP contribution in [0, 0.1) is 23.2 Å². The molecule has 0 amide bonds. The van der Waals surface area contributed by atoms with Gasteiger partial charge in [-0.3, -0.25) is 4.79 Å². The fraction of sp³-hybridized carbons (Fsp3) is 0.870. The van der Waals surface area contributed by atoms with Gasteiger partial charge in [0, 0.05) is 5.92 Å². The molecule has 4 bridgehead atoms. The van der Waals surface area contributed by atoms with Crippen molar-refractivity contribution in [1.29, 1.82) is 0 Å². The summed E-state index contributed by atoms with van der Waals surface area (Å²) in [5.41, 5.74) is 3.35. The lowest BCUT2D eigenvalue weighted by Gasteiger charge is -2.59. The Labute approximate surface area is 178 Å². The van der Waals surface area contributed by atoms with Crippen LogP contribution >= 0.6 is 0 Å². The van der Waals surface area contributed by atoms with Crippen molar-refractivity contribution in [3.63, 3.8) is 0 Å². The van der Waals surface area contributed by atoms with E-state index in [2.05, 4.69) is 40.0 Å². The third kappa shape index (κ3) is 3.20. The quantitative estimate of drug-likeness (QED) is 0.404. The van der Waals surface area contributed by atoms with Gasteiger partial charge in [0.05, 0.1) is 24.2 Å². The standard InChI is InChI=1S/C23H38O4Si2/c1-14-7-8-15-9-16(14)21-22(24)23(2)18(10-15)17-12-25-19(17)11-20(23)26-28(3,4)13-29(5,6)27-21/h15,17-21H,7-13H2,1-6H3/t15-,17-,18+,19+,20?,21?,23+/m1/s1. The molecule has 4 fully saturated rings. The second-order valence-electron chi connectivity index (χ2n) is 12.0. The normalized spacial score (nSPS) is 48.3. The molecule has 3 aliphatic carbocycles. The lowest BCUT2D eigenvalue weighted by molar-refractivity contribution is -0.224. The summed E-state index contributed by atoms with van der Waals surface area (Å²) in [5.74, 6) is 1.90. The highest BCUT2D eigenvalue weighted by Gasteiger charge is 2.64. The molecule has 0 spiro atoms. The molecular weight excluding hydrogens is 396 g/mol. The highest BCUT2D eigenvalue weighted by atomic mass is 28.4. The highest BCUT2D eigenvalue weighted by molar-refractivity contribution is 6.89. The summed E-state index contributed by atoms with van der Waals surface area (Å²) in [7, 11) is -3.99. The zero-order valence-electron chi connectivity index (χ0n) is 19.0. The Hall–Kier alpha value is -0.276. The Balaban J connectivity index is 1.69. The number of carbonyl (C=O) groups excluding carboxylic acids is 1. The van der Waals surface area contributed by atoms with Crippen LogP contribution in [0.15, 0.2) is 11.1 Å². The SMILES string of the molecule is CC1=C2C[C@@H](CC1)C[C@H]1[C@H]3CO[C@H]3CC3O[Si](C)(C)C[Si](C)(C)OC2C(=O)[C@]31C. The minimum atomic E-state index is -2.03. The number of fused-ring (bicyclic) bond motifs is 6. The molecule has 4 nitrogen and oxygen atoms in total. The van der Waals surface area contributed by atoms with Crippen LogP contribution in [0.4, 0.5) is 0 Å². The first-order valence-electron chi connectivity index (χ1n) is 11.7. The maximum atomic E-state index is 14.4. The van der Waals surface area contributed by atoms with Gasteiger partial charge >= 0.3 is 0 Å². The fourth-order valence-corrected chi connectivity index (χ4v) is 18.3. The number of allylic oxidation sites excluding steroid dienone is 1. The molecule has 2 saturated carbocycles. The molecule has 2 saturated heterocycles. The maximum Gasteiger partial charge on any atom is 0.187 e. The lowest BCUT2D eigenvalue weighted by atomic mass is 9.52. The molecule has 7 atom stereocenters. The van der Waals surface area contributed by atoms with Gasteiger partial charge in [-0.15, -0.1) is 0 Å². The van der Waals surface area contributed by atoms with Gasteiger partial charge in [0.15, 0.2) is 22.4 Å². The molecule has 162 valence electrons. The van der Waals surface area contributed by atoms with Crippen molar-refractivity contribution in [3.05, 3.63) is 11.1 Å². The summed E-state index contributed by atoms with van der Waals surface area (Å²) in [4.78, 5) is 14.4. The third-order valence-corrected chi connectivity index (χ3v) is 17.4. The number of carbonyl (C=O) groups is 1. The summed E-state index contributed by atoms with van der Waals surface area (Å²) >= 11 is 0. The van der Waals surface area contributed by atoms with Gasteiger partial charge in [0.2, 0.25) is 0 Å². The molecule has 0 aromatic carbocycles. The number of rotatable bonds is 0. The molecule has 2 aliphatic heterocycles. The van der Waals surface area contributed by atoms with E-state index < -0.39 is 22.0 Å². The number of hydrogen-bond donors (Lipinski definition) is 0.